The molecule has 0 spiro atoms. The molecule has 2 aromatic carbocycles. The Morgan fingerprint density at radius 2 is 1.76 bits per heavy atom. The van der Waals surface area contributed by atoms with E-state index in [1.54, 1.807) is 20.3 Å². The third kappa shape index (κ3) is 4.02. The zero-order valence-electron chi connectivity index (χ0n) is 14.6. The molecule has 1 amide bonds. The van der Waals surface area contributed by atoms with E-state index in [9.17, 15) is 4.79 Å². The third-order valence-corrected chi connectivity index (χ3v) is 4.51. The van der Waals surface area contributed by atoms with Gasteiger partial charge in [0.05, 0.1) is 20.3 Å². The molecule has 1 aliphatic rings. The molecule has 0 saturated carbocycles. The molecule has 130 valence electrons. The van der Waals surface area contributed by atoms with Gasteiger partial charge in [-0.1, -0.05) is 30.3 Å². The number of likely N-dealkylation sites (tertiary alicyclic amines) is 1. The topological polar surface area (TPSA) is 38.8 Å². The molecule has 3 rings (SSSR count). The standard InChI is InChI=1S/C21H23NO3/c1-24-18-13-16(14-19(15-18)25-2)10-11-21(23)22-12-6-9-20(22)17-7-4-3-5-8-17/h3-5,7-8,10-11,13-15,20H,6,9,12H2,1-2H3/b11-10+. The largest absolute Gasteiger partial charge is 0.497 e. The molecule has 1 aliphatic heterocycles. The van der Waals surface area contributed by atoms with Crippen LogP contribution < -0.4 is 9.47 Å². The molecule has 0 aliphatic carbocycles. The lowest BCUT2D eigenvalue weighted by molar-refractivity contribution is -0.126. The molecule has 4 heteroatoms. The van der Waals surface area contributed by atoms with E-state index in [4.69, 9.17) is 9.47 Å². The Hall–Kier alpha value is -2.75. The maximum Gasteiger partial charge on any atom is 0.247 e. The molecule has 1 atom stereocenters. The number of carbonyl (C=O) groups is 1. The van der Waals surface area contributed by atoms with Crippen molar-refractivity contribution in [1.82, 2.24) is 4.90 Å². The van der Waals surface area contributed by atoms with Gasteiger partial charge in [0.15, 0.2) is 0 Å². The molecule has 1 fully saturated rings. The molecule has 4 nitrogen and oxygen atoms in total. The second-order valence-corrected chi connectivity index (χ2v) is 6.08. The van der Waals surface area contributed by atoms with E-state index >= 15 is 0 Å². The molecule has 0 radical (unpaired) electrons. The van der Waals surface area contributed by atoms with Gasteiger partial charge in [0, 0.05) is 18.7 Å². The molecular weight excluding hydrogens is 314 g/mol. The highest BCUT2D eigenvalue weighted by atomic mass is 16.5. The van der Waals surface area contributed by atoms with Crippen LogP contribution in [0, 0.1) is 0 Å². The van der Waals surface area contributed by atoms with Gasteiger partial charge in [-0.25, -0.2) is 0 Å². The van der Waals surface area contributed by atoms with Crippen LogP contribution in [0.4, 0.5) is 0 Å². The average molecular weight is 337 g/mol. The summed E-state index contributed by atoms with van der Waals surface area (Å²) in [5.74, 6) is 1.44. The van der Waals surface area contributed by atoms with E-state index in [1.807, 2.05) is 47.4 Å². The maximum absolute atomic E-state index is 12.7. The van der Waals surface area contributed by atoms with Gasteiger partial charge in [0.1, 0.15) is 11.5 Å². The van der Waals surface area contributed by atoms with E-state index in [1.165, 1.54) is 5.56 Å². The maximum atomic E-state index is 12.7. The first-order valence-corrected chi connectivity index (χ1v) is 8.48. The number of ether oxygens (including phenoxy) is 2. The molecule has 0 aromatic heterocycles. The smallest absolute Gasteiger partial charge is 0.247 e. The predicted octanol–water partition coefficient (Wildman–Crippen LogP) is 4.08. The zero-order chi connectivity index (χ0) is 17.6. The first kappa shape index (κ1) is 17.1. The first-order valence-electron chi connectivity index (χ1n) is 8.48. The van der Waals surface area contributed by atoms with Crippen molar-refractivity contribution in [2.75, 3.05) is 20.8 Å². The van der Waals surface area contributed by atoms with Gasteiger partial charge in [-0.05, 0) is 42.2 Å². The van der Waals surface area contributed by atoms with Crippen molar-refractivity contribution < 1.29 is 14.3 Å². The van der Waals surface area contributed by atoms with Gasteiger partial charge in [-0.2, -0.15) is 0 Å². The summed E-state index contributed by atoms with van der Waals surface area (Å²) in [6.07, 6.45) is 5.49. The normalized spacial score (nSPS) is 17.0. The van der Waals surface area contributed by atoms with Crippen LogP contribution in [0.5, 0.6) is 11.5 Å². The van der Waals surface area contributed by atoms with Gasteiger partial charge in [0.2, 0.25) is 5.91 Å². The van der Waals surface area contributed by atoms with Crippen molar-refractivity contribution in [3.05, 3.63) is 65.7 Å². The minimum atomic E-state index is 0.0353. The van der Waals surface area contributed by atoms with Crippen LogP contribution in [-0.4, -0.2) is 31.6 Å². The highest BCUT2D eigenvalue weighted by Crippen LogP contribution is 2.32. The van der Waals surface area contributed by atoms with Crippen LogP contribution in [0.2, 0.25) is 0 Å². The summed E-state index contributed by atoms with van der Waals surface area (Å²) in [5, 5.41) is 0. The number of methoxy groups -OCH3 is 2. The predicted molar refractivity (Wildman–Crippen MR) is 98.7 cm³/mol. The van der Waals surface area contributed by atoms with E-state index < -0.39 is 0 Å². The molecule has 0 N–H and O–H groups in total. The van der Waals surface area contributed by atoms with Gasteiger partial charge in [-0.15, -0.1) is 0 Å². The van der Waals surface area contributed by atoms with Crippen LogP contribution in [0.15, 0.2) is 54.6 Å². The number of nitrogens with zero attached hydrogens (tertiary/aromatic N) is 1. The van der Waals surface area contributed by atoms with E-state index in [0.717, 1.165) is 24.9 Å². The van der Waals surface area contributed by atoms with Crippen molar-refractivity contribution in [1.29, 1.82) is 0 Å². The van der Waals surface area contributed by atoms with Gasteiger partial charge in [0.25, 0.3) is 0 Å². The van der Waals surface area contributed by atoms with Crippen LogP contribution in [-0.2, 0) is 4.79 Å². The molecule has 0 bridgehead atoms. The molecule has 1 unspecified atom stereocenters. The fourth-order valence-corrected chi connectivity index (χ4v) is 3.24. The first-order chi connectivity index (χ1) is 12.2. The van der Waals surface area contributed by atoms with Crippen molar-refractivity contribution in [3.63, 3.8) is 0 Å². The number of hydrogen-bond acceptors (Lipinski definition) is 3. The summed E-state index contributed by atoms with van der Waals surface area (Å²) in [6.45, 7) is 0.796. The SMILES string of the molecule is COc1cc(/C=C/C(=O)N2CCCC2c2ccccc2)cc(OC)c1. The number of amides is 1. The van der Waals surface area contributed by atoms with Crippen molar-refractivity contribution in [3.8, 4) is 11.5 Å². The molecule has 2 aromatic rings. The summed E-state index contributed by atoms with van der Waals surface area (Å²) in [4.78, 5) is 14.6. The second-order valence-electron chi connectivity index (χ2n) is 6.08. The lowest BCUT2D eigenvalue weighted by Crippen LogP contribution is -2.28. The highest BCUT2D eigenvalue weighted by molar-refractivity contribution is 5.92. The van der Waals surface area contributed by atoms with Crippen molar-refractivity contribution in [2.45, 2.75) is 18.9 Å². The Kier molecular flexibility index (Phi) is 5.39. The summed E-state index contributed by atoms with van der Waals surface area (Å²) in [7, 11) is 3.23. The summed E-state index contributed by atoms with van der Waals surface area (Å²) < 4.78 is 10.5. The third-order valence-electron chi connectivity index (χ3n) is 4.51. The van der Waals surface area contributed by atoms with Gasteiger partial charge >= 0.3 is 0 Å². The minimum Gasteiger partial charge on any atom is -0.497 e. The van der Waals surface area contributed by atoms with Crippen molar-refractivity contribution in [2.24, 2.45) is 0 Å². The van der Waals surface area contributed by atoms with Crippen LogP contribution in [0.25, 0.3) is 6.08 Å². The Morgan fingerprint density at radius 1 is 1.08 bits per heavy atom. The number of hydrogen-bond donors (Lipinski definition) is 0. The average Bonchev–Trinajstić information content (AvgIpc) is 3.16. The lowest BCUT2D eigenvalue weighted by atomic mass is 10.0. The van der Waals surface area contributed by atoms with Gasteiger partial charge < -0.3 is 14.4 Å². The summed E-state index contributed by atoms with van der Waals surface area (Å²) in [6, 6.07) is 16.0. The molecule has 25 heavy (non-hydrogen) atoms. The molecule has 1 heterocycles. The highest BCUT2D eigenvalue weighted by Gasteiger charge is 2.28. The molecular formula is C21H23NO3. The molecule has 1 saturated heterocycles. The lowest BCUT2D eigenvalue weighted by Gasteiger charge is -2.23. The van der Waals surface area contributed by atoms with E-state index in [0.29, 0.717) is 11.5 Å². The van der Waals surface area contributed by atoms with Crippen LogP contribution in [0.3, 0.4) is 0 Å². The Balaban J connectivity index is 1.76. The Bertz CT molecular complexity index is 733. The Labute approximate surface area is 148 Å². The summed E-state index contributed by atoms with van der Waals surface area (Å²) >= 11 is 0. The van der Waals surface area contributed by atoms with Crippen LogP contribution in [0.1, 0.15) is 30.0 Å². The number of carbonyl (C=O) groups excluding carboxylic acids is 1. The minimum absolute atomic E-state index is 0.0353. The van der Waals surface area contributed by atoms with E-state index in [2.05, 4.69) is 12.1 Å². The zero-order valence-corrected chi connectivity index (χ0v) is 14.6. The van der Waals surface area contributed by atoms with Crippen LogP contribution >= 0.6 is 0 Å². The fraction of sp³-hybridized carbons (Fsp3) is 0.286. The van der Waals surface area contributed by atoms with E-state index in [-0.39, 0.29) is 11.9 Å². The van der Waals surface area contributed by atoms with Gasteiger partial charge in [-0.3, -0.25) is 4.79 Å². The van der Waals surface area contributed by atoms with Crippen molar-refractivity contribution >= 4 is 12.0 Å². The number of rotatable bonds is 5. The quantitative estimate of drug-likeness (QED) is 0.772. The Morgan fingerprint density at radius 3 is 2.40 bits per heavy atom. The summed E-state index contributed by atoms with van der Waals surface area (Å²) in [5.41, 5.74) is 2.07. The number of benzene rings is 2. The monoisotopic (exact) mass is 337 g/mol. The fourth-order valence-electron chi connectivity index (χ4n) is 3.24. The second kappa shape index (κ2) is 7.88.